The molecule has 2 aliphatic rings. The molecule has 1 amide bonds. The average Bonchev–Trinajstić information content (AvgIpc) is 2.73. The quantitative estimate of drug-likeness (QED) is 0.696. The molecule has 16 heavy (non-hydrogen) atoms. The number of carboxylic acids is 1. The molecule has 0 aliphatic carbocycles. The van der Waals surface area contributed by atoms with Crippen molar-refractivity contribution in [3.63, 3.8) is 0 Å². The summed E-state index contributed by atoms with van der Waals surface area (Å²) in [6, 6.07) is 0.340. The zero-order valence-electron chi connectivity index (χ0n) is 9.56. The summed E-state index contributed by atoms with van der Waals surface area (Å²) in [7, 11) is 1.58. The molecule has 2 saturated heterocycles. The molecule has 2 atom stereocenters. The molecule has 5 heteroatoms. The lowest BCUT2D eigenvalue weighted by Gasteiger charge is -2.44. The fraction of sp³-hybridized carbons (Fsp3) is 0.818. The van der Waals surface area contributed by atoms with Gasteiger partial charge < -0.3 is 14.9 Å². The third-order valence-electron chi connectivity index (χ3n) is 4.12. The van der Waals surface area contributed by atoms with Crippen LogP contribution < -0.4 is 0 Å². The van der Waals surface area contributed by atoms with E-state index in [9.17, 15) is 14.7 Å². The molecule has 0 aromatic heterocycles. The first-order chi connectivity index (χ1) is 7.60. The molecule has 0 radical (unpaired) electrons. The summed E-state index contributed by atoms with van der Waals surface area (Å²) in [5, 5.41) is 9.39. The number of carbonyl (C=O) groups is 2. The number of hydrogen-bond acceptors (Lipinski definition) is 3. The van der Waals surface area contributed by atoms with Gasteiger partial charge in [-0.05, 0) is 32.2 Å². The van der Waals surface area contributed by atoms with Crippen molar-refractivity contribution >= 4 is 12.4 Å². The van der Waals surface area contributed by atoms with Gasteiger partial charge >= 0.3 is 5.97 Å². The fourth-order valence-corrected chi connectivity index (χ4v) is 3.01. The largest absolute Gasteiger partial charge is 0.479 e. The monoisotopic (exact) mass is 226 g/mol. The molecule has 2 unspecified atom stereocenters. The minimum absolute atomic E-state index is 0.340. The molecule has 90 valence electrons. The Kier molecular flexibility index (Phi) is 2.88. The molecule has 1 N–H and O–H groups in total. The van der Waals surface area contributed by atoms with Crippen LogP contribution in [0.25, 0.3) is 0 Å². The topological polar surface area (TPSA) is 60.9 Å². The molecule has 0 saturated carbocycles. The number of likely N-dealkylation sites (N-methyl/N-ethyl adjacent to an activating group) is 1. The van der Waals surface area contributed by atoms with Gasteiger partial charge in [0.25, 0.3) is 0 Å². The van der Waals surface area contributed by atoms with Gasteiger partial charge in [-0.15, -0.1) is 0 Å². The normalized spacial score (nSPS) is 34.4. The van der Waals surface area contributed by atoms with Crippen LogP contribution in [0.5, 0.6) is 0 Å². The van der Waals surface area contributed by atoms with E-state index in [-0.39, 0.29) is 0 Å². The zero-order valence-corrected chi connectivity index (χ0v) is 9.56. The lowest BCUT2D eigenvalue weighted by Crippen LogP contribution is -2.60. The van der Waals surface area contributed by atoms with Crippen molar-refractivity contribution < 1.29 is 14.7 Å². The predicted molar refractivity (Wildman–Crippen MR) is 58.0 cm³/mol. The van der Waals surface area contributed by atoms with Gasteiger partial charge in [-0.1, -0.05) is 0 Å². The summed E-state index contributed by atoms with van der Waals surface area (Å²) < 4.78 is 0. The minimum Gasteiger partial charge on any atom is -0.479 e. The average molecular weight is 226 g/mol. The van der Waals surface area contributed by atoms with Crippen LogP contribution in [0.15, 0.2) is 0 Å². The number of piperidine rings is 1. The summed E-state index contributed by atoms with van der Waals surface area (Å²) >= 11 is 0. The van der Waals surface area contributed by atoms with Crippen LogP contribution in [0.3, 0.4) is 0 Å². The van der Waals surface area contributed by atoms with E-state index in [1.807, 2.05) is 0 Å². The van der Waals surface area contributed by atoms with E-state index in [4.69, 9.17) is 0 Å². The SMILES string of the molecule is CN(C=O)C1(C(=O)O)CCN2CCCC2C1. The van der Waals surface area contributed by atoms with Crippen LogP contribution in [0.2, 0.25) is 0 Å². The highest BCUT2D eigenvalue weighted by molar-refractivity contribution is 5.81. The van der Waals surface area contributed by atoms with Gasteiger partial charge in [-0.2, -0.15) is 0 Å². The molecule has 2 fully saturated rings. The van der Waals surface area contributed by atoms with Crippen molar-refractivity contribution in [3.8, 4) is 0 Å². The van der Waals surface area contributed by atoms with Gasteiger partial charge in [-0.25, -0.2) is 4.79 Å². The molecule has 5 nitrogen and oxygen atoms in total. The van der Waals surface area contributed by atoms with Crippen molar-refractivity contribution in [1.82, 2.24) is 9.80 Å². The summed E-state index contributed by atoms with van der Waals surface area (Å²) in [5.41, 5.74) is -0.979. The van der Waals surface area contributed by atoms with E-state index in [1.54, 1.807) is 7.05 Å². The summed E-state index contributed by atoms with van der Waals surface area (Å²) in [4.78, 5) is 26.0. The van der Waals surface area contributed by atoms with E-state index in [2.05, 4.69) is 4.90 Å². The number of fused-ring (bicyclic) bond motifs is 1. The Hall–Kier alpha value is -1.10. The number of carbonyl (C=O) groups excluding carboxylic acids is 1. The summed E-state index contributed by atoms with van der Waals surface area (Å²) in [6.07, 6.45) is 3.94. The van der Waals surface area contributed by atoms with Crippen LogP contribution in [0, 0.1) is 0 Å². The molecule has 0 aromatic rings. The number of amides is 1. The Labute approximate surface area is 95.0 Å². The Morgan fingerprint density at radius 3 is 2.94 bits per heavy atom. The third-order valence-corrected chi connectivity index (χ3v) is 4.12. The van der Waals surface area contributed by atoms with Gasteiger partial charge in [0.15, 0.2) is 0 Å². The second-order valence-corrected chi connectivity index (χ2v) is 4.84. The molecular formula is C11H18N2O3. The Morgan fingerprint density at radius 1 is 1.56 bits per heavy atom. The summed E-state index contributed by atoms with van der Waals surface area (Å²) in [6.45, 7) is 1.86. The smallest absolute Gasteiger partial charge is 0.329 e. The van der Waals surface area contributed by atoms with Crippen LogP contribution in [0.4, 0.5) is 0 Å². The minimum atomic E-state index is -0.979. The standard InChI is InChI=1S/C11H18N2O3/c1-12(8-14)11(10(15)16)4-6-13-5-2-3-9(13)7-11/h8-9H,2-7H2,1H3,(H,15,16). The van der Waals surface area contributed by atoms with Crippen LogP contribution in [-0.2, 0) is 9.59 Å². The fourth-order valence-electron chi connectivity index (χ4n) is 3.01. The van der Waals surface area contributed by atoms with E-state index in [0.29, 0.717) is 25.3 Å². The number of nitrogens with zero attached hydrogens (tertiary/aromatic N) is 2. The van der Waals surface area contributed by atoms with Crippen LogP contribution in [-0.4, -0.2) is 59.0 Å². The van der Waals surface area contributed by atoms with E-state index in [1.165, 1.54) is 4.90 Å². The van der Waals surface area contributed by atoms with E-state index >= 15 is 0 Å². The molecule has 0 bridgehead atoms. The van der Waals surface area contributed by atoms with Gasteiger partial charge in [0.05, 0.1) is 0 Å². The Morgan fingerprint density at radius 2 is 2.31 bits per heavy atom. The lowest BCUT2D eigenvalue weighted by molar-refractivity contribution is -0.158. The predicted octanol–water partition coefficient (Wildman–Crippen LogP) is 0.156. The van der Waals surface area contributed by atoms with Crippen LogP contribution >= 0.6 is 0 Å². The van der Waals surface area contributed by atoms with Crippen molar-refractivity contribution in [3.05, 3.63) is 0 Å². The molecule has 2 rings (SSSR count). The maximum atomic E-state index is 11.4. The highest BCUT2D eigenvalue weighted by Crippen LogP contribution is 2.36. The lowest BCUT2D eigenvalue weighted by atomic mass is 9.82. The zero-order chi connectivity index (χ0) is 11.8. The van der Waals surface area contributed by atoms with Crippen molar-refractivity contribution in [2.75, 3.05) is 20.1 Å². The Bertz CT molecular complexity index is 308. The summed E-state index contributed by atoms with van der Waals surface area (Å²) in [5.74, 6) is -0.867. The molecule has 0 aromatic carbocycles. The molecule has 2 heterocycles. The maximum absolute atomic E-state index is 11.4. The number of carboxylic acid groups (broad SMARTS) is 1. The maximum Gasteiger partial charge on any atom is 0.329 e. The number of aliphatic carboxylic acids is 1. The Balaban J connectivity index is 2.21. The molecule has 0 spiro atoms. The van der Waals surface area contributed by atoms with E-state index < -0.39 is 11.5 Å². The number of rotatable bonds is 3. The first-order valence-electron chi connectivity index (χ1n) is 5.76. The van der Waals surface area contributed by atoms with Gasteiger partial charge in [0.1, 0.15) is 5.54 Å². The van der Waals surface area contributed by atoms with Gasteiger partial charge in [0.2, 0.25) is 6.41 Å². The second kappa shape index (κ2) is 4.05. The van der Waals surface area contributed by atoms with Crippen molar-refractivity contribution in [2.24, 2.45) is 0 Å². The number of hydrogen-bond donors (Lipinski definition) is 1. The van der Waals surface area contributed by atoms with E-state index in [0.717, 1.165) is 25.9 Å². The molecule has 2 aliphatic heterocycles. The van der Waals surface area contributed by atoms with Crippen LogP contribution in [0.1, 0.15) is 25.7 Å². The first kappa shape index (κ1) is 11.4. The molecular weight excluding hydrogens is 208 g/mol. The third kappa shape index (κ3) is 1.59. The highest BCUT2D eigenvalue weighted by atomic mass is 16.4. The second-order valence-electron chi connectivity index (χ2n) is 4.84. The first-order valence-corrected chi connectivity index (χ1v) is 5.76. The van der Waals surface area contributed by atoms with Crippen molar-refractivity contribution in [2.45, 2.75) is 37.3 Å². The highest BCUT2D eigenvalue weighted by Gasteiger charge is 2.49. The van der Waals surface area contributed by atoms with Gasteiger partial charge in [0, 0.05) is 19.6 Å². The van der Waals surface area contributed by atoms with Crippen molar-refractivity contribution in [1.29, 1.82) is 0 Å². The van der Waals surface area contributed by atoms with Gasteiger partial charge in [-0.3, -0.25) is 4.79 Å².